The fourth-order valence-corrected chi connectivity index (χ4v) is 2.49. The molecule has 3 aromatic rings. The Hall–Kier alpha value is -2.36. The molecule has 0 aliphatic carbocycles. The molecule has 0 unspecified atom stereocenters. The van der Waals surface area contributed by atoms with E-state index >= 15 is 0 Å². The summed E-state index contributed by atoms with van der Waals surface area (Å²) >= 11 is 7.15. The van der Waals surface area contributed by atoms with E-state index in [1.54, 1.807) is 24.3 Å². The SMILES string of the molecule is N#Cc1cccc(Sc2n[nH]c(-c3ccc(Cl)cc3)n2)n1. The summed E-state index contributed by atoms with van der Waals surface area (Å²) in [4.78, 5) is 8.56. The summed E-state index contributed by atoms with van der Waals surface area (Å²) in [6.45, 7) is 0. The van der Waals surface area contributed by atoms with Crippen molar-refractivity contribution >= 4 is 23.4 Å². The van der Waals surface area contributed by atoms with Crippen molar-refractivity contribution in [1.82, 2.24) is 20.2 Å². The molecule has 0 bridgehead atoms. The van der Waals surface area contributed by atoms with E-state index in [4.69, 9.17) is 16.9 Å². The van der Waals surface area contributed by atoms with Crippen LogP contribution in [0, 0.1) is 11.3 Å². The van der Waals surface area contributed by atoms with E-state index in [9.17, 15) is 0 Å². The molecule has 0 atom stereocenters. The number of rotatable bonds is 3. The number of nitrogens with zero attached hydrogens (tertiary/aromatic N) is 4. The minimum Gasteiger partial charge on any atom is -0.258 e. The lowest BCUT2D eigenvalue weighted by Crippen LogP contribution is -1.85. The number of pyridine rings is 1. The maximum atomic E-state index is 8.83. The van der Waals surface area contributed by atoms with Crippen LogP contribution < -0.4 is 0 Å². The number of nitrogens with one attached hydrogen (secondary N) is 1. The average Bonchev–Trinajstić information content (AvgIpc) is 2.96. The Balaban J connectivity index is 1.82. The third-order valence-electron chi connectivity index (χ3n) is 2.62. The van der Waals surface area contributed by atoms with E-state index in [2.05, 4.69) is 20.2 Å². The van der Waals surface area contributed by atoms with Gasteiger partial charge in [0.05, 0.1) is 0 Å². The lowest BCUT2D eigenvalue weighted by Gasteiger charge is -1.96. The molecule has 0 spiro atoms. The first-order valence-electron chi connectivity index (χ1n) is 5.98. The molecule has 1 aromatic carbocycles. The second-order valence-electron chi connectivity index (χ2n) is 4.05. The van der Waals surface area contributed by atoms with Crippen LogP contribution in [0.4, 0.5) is 0 Å². The predicted octanol–water partition coefficient (Wildman–Crippen LogP) is 3.54. The first-order chi connectivity index (χ1) is 10.2. The Morgan fingerprint density at radius 1 is 1.10 bits per heavy atom. The fraction of sp³-hybridized carbons (Fsp3) is 0. The van der Waals surface area contributed by atoms with Crippen LogP contribution in [0.2, 0.25) is 5.02 Å². The molecule has 0 aliphatic heterocycles. The quantitative estimate of drug-likeness (QED) is 0.800. The summed E-state index contributed by atoms with van der Waals surface area (Å²) in [5.74, 6) is 0.658. The molecular formula is C14H8ClN5S. The van der Waals surface area contributed by atoms with E-state index < -0.39 is 0 Å². The van der Waals surface area contributed by atoms with E-state index in [-0.39, 0.29) is 0 Å². The average molecular weight is 314 g/mol. The second-order valence-corrected chi connectivity index (χ2v) is 5.47. The van der Waals surface area contributed by atoms with E-state index in [0.29, 0.717) is 26.7 Å². The van der Waals surface area contributed by atoms with Gasteiger partial charge in [-0.05, 0) is 48.2 Å². The number of aromatic nitrogens is 4. The number of aromatic amines is 1. The molecule has 5 nitrogen and oxygen atoms in total. The normalized spacial score (nSPS) is 10.3. The van der Waals surface area contributed by atoms with Crippen LogP contribution in [-0.2, 0) is 0 Å². The molecule has 21 heavy (non-hydrogen) atoms. The van der Waals surface area contributed by atoms with Crippen molar-refractivity contribution in [3.63, 3.8) is 0 Å². The number of benzene rings is 1. The van der Waals surface area contributed by atoms with Gasteiger partial charge in [0.25, 0.3) is 0 Å². The molecule has 0 radical (unpaired) electrons. The third kappa shape index (κ3) is 3.21. The Labute approximate surface area is 130 Å². The first kappa shape index (κ1) is 13.6. The van der Waals surface area contributed by atoms with Gasteiger partial charge in [-0.1, -0.05) is 17.7 Å². The summed E-state index contributed by atoms with van der Waals surface area (Å²) in [7, 11) is 0. The monoisotopic (exact) mass is 313 g/mol. The summed E-state index contributed by atoms with van der Waals surface area (Å²) in [6.07, 6.45) is 0. The smallest absolute Gasteiger partial charge is 0.215 e. The Morgan fingerprint density at radius 3 is 2.67 bits per heavy atom. The van der Waals surface area contributed by atoms with Gasteiger partial charge in [0.15, 0.2) is 5.82 Å². The maximum Gasteiger partial charge on any atom is 0.215 e. The van der Waals surface area contributed by atoms with Gasteiger partial charge in [0.2, 0.25) is 5.16 Å². The standard InChI is InChI=1S/C14H8ClN5S/c15-10-6-4-9(5-7-10)13-18-14(20-19-13)21-12-3-1-2-11(8-16)17-12/h1-7H,(H,18,19,20). The van der Waals surface area contributed by atoms with Crippen molar-refractivity contribution < 1.29 is 0 Å². The molecule has 0 fully saturated rings. The molecule has 0 saturated carbocycles. The highest BCUT2D eigenvalue weighted by Gasteiger charge is 2.08. The van der Waals surface area contributed by atoms with Crippen LogP contribution in [0.15, 0.2) is 52.6 Å². The lowest BCUT2D eigenvalue weighted by atomic mass is 10.2. The van der Waals surface area contributed by atoms with Crippen molar-refractivity contribution in [2.75, 3.05) is 0 Å². The van der Waals surface area contributed by atoms with Crippen molar-refractivity contribution in [1.29, 1.82) is 5.26 Å². The van der Waals surface area contributed by atoms with Gasteiger partial charge in [0, 0.05) is 10.6 Å². The number of hydrogen-bond acceptors (Lipinski definition) is 5. The topological polar surface area (TPSA) is 78.2 Å². The summed E-state index contributed by atoms with van der Waals surface area (Å²) in [5.41, 5.74) is 1.27. The van der Waals surface area contributed by atoms with Crippen LogP contribution in [0.3, 0.4) is 0 Å². The van der Waals surface area contributed by atoms with Gasteiger partial charge in [-0.15, -0.1) is 5.10 Å². The fourth-order valence-electron chi connectivity index (χ4n) is 1.66. The van der Waals surface area contributed by atoms with Crippen LogP contribution >= 0.6 is 23.4 Å². The molecule has 102 valence electrons. The molecular weight excluding hydrogens is 306 g/mol. The molecule has 1 N–H and O–H groups in total. The highest BCUT2D eigenvalue weighted by Crippen LogP contribution is 2.25. The maximum absolute atomic E-state index is 8.83. The molecule has 0 aliphatic rings. The zero-order valence-electron chi connectivity index (χ0n) is 10.6. The van der Waals surface area contributed by atoms with Crippen LogP contribution in [0.25, 0.3) is 11.4 Å². The zero-order chi connectivity index (χ0) is 14.7. The molecule has 0 saturated heterocycles. The molecule has 2 heterocycles. The Morgan fingerprint density at radius 2 is 1.90 bits per heavy atom. The second kappa shape index (κ2) is 5.95. The minimum atomic E-state index is 0.369. The third-order valence-corrected chi connectivity index (χ3v) is 3.67. The number of H-pyrrole nitrogens is 1. The van der Waals surface area contributed by atoms with Gasteiger partial charge < -0.3 is 0 Å². The van der Waals surface area contributed by atoms with Crippen LogP contribution in [0.1, 0.15) is 5.69 Å². The largest absolute Gasteiger partial charge is 0.258 e. The molecule has 3 rings (SSSR count). The summed E-state index contributed by atoms with van der Waals surface area (Å²) < 4.78 is 0. The molecule has 7 heteroatoms. The van der Waals surface area contributed by atoms with Gasteiger partial charge in [-0.2, -0.15) is 5.26 Å². The van der Waals surface area contributed by atoms with Crippen LogP contribution in [-0.4, -0.2) is 20.2 Å². The zero-order valence-corrected chi connectivity index (χ0v) is 12.2. The van der Waals surface area contributed by atoms with Crippen molar-refractivity contribution in [2.45, 2.75) is 10.2 Å². The molecule has 0 amide bonds. The minimum absolute atomic E-state index is 0.369. The Kier molecular flexibility index (Phi) is 3.86. The predicted molar refractivity (Wildman–Crippen MR) is 79.9 cm³/mol. The van der Waals surface area contributed by atoms with Gasteiger partial charge in [-0.25, -0.2) is 9.97 Å². The van der Waals surface area contributed by atoms with Gasteiger partial charge in [0.1, 0.15) is 16.8 Å². The van der Waals surface area contributed by atoms with Crippen molar-refractivity contribution in [3.8, 4) is 17.5 Å². The Bertz CT molecular complexity index is 807. The van der Waals surface area contributed by atoms with Gasteiger partial charge in [-0.3, -0.25) is 5.10 Å². The van der Waals surface area contributed by atoms with E-state index in [0.717, 1.165) is 5.56 Å². The van der Waals surface area contributed by atoms with Crippen molar-refractivity contribution in [3.05, 3.63) is 53.2 Å². The number of halogens is 1. The van der Waals surface area contributed by atoms with Crippen molar-refractivity contribution in [2.24, 2.45) is 0 Å². The summed E-state index contributed by atoms with van der Waals surface area (Å²) in [5, 5.41) is 17.7. The number of hydrogen-bond donors (Lipinski definition) is 1. The highest BCUT2D eigenvalue weighted by molar-refractivity contribution is 7.99. The van der Waals surface area contributed by atoms with Gasteiger partial charge >= 0.3 is 0 Å². The van der Waals surface area contributed by atoms with Crippen LogP contribution in [0.5, 0.6) is 0 Å². The molecule has 2 aromatic heterocycles. The summed E-state index contributed by atoms with van der Waals surface area (Å²) in [6, 6.07) is 14.6. The highest BCUT2D eigenvalue weighted by atomic mass is 35.5. The lowest BCUT2D eigenvalue weighted by molar-refractivity contribution is 0.966. The first-order valence-corrected chi connectivity index (χ1v) is 7.17. The van der Waals surface area contributed by atoms with E-state index in [1.807, 2.05) is 24.3 Å². The van der Waals surface area contributed by atoms with E-state index in [1.165, 1.54) is 11.8 Å². The number of nitriles is 1.